The van der Waals surface area contributed by atoms with E-state index in [4.69, 9.17) is 9.47 Å². The van der Waals surface area contributed by atoms with Crippen LogP contribution in [0, 0.1) is 13.8 Å². The number of nitrogens with one attached hydrogen (secondary N) is 3. The summed E-state index contributed by atoms with van der Waals surface area (Å²) < 4.78 is 11.7. The summed E-state index contributed by atoms with van der Waals surface area (Å²) >= 11 is 0. The Labute approximate surface area is 160 Å². The molecule has 1 aromatic carbocycles. The maximum atomic E-state index is 12.5. The van der Waals surface area contributed by atoms with Crippen molar-refractivity contribution in [2.24, 2.45) is 0 Å². The van der Waals surface area contributed by atoms with Crippen molar-refractivity contribution in [3.63, 3.8) is 0 Å². The van der Waals surface area contributed by atoms with Crippen molar-refractivity contribution in [3.8, 4) is 17.4 Å². The molecular weight excluding hydrogens is 364 g/mol. The molecule has 0 aliphatic carbocycles. The number of rotatable bonds is 5. The molecule has 0 saturated carbocycles. The summed E-state index contributed by atoms with van der Waals surface area (Å²) in [6.07, 6.45) is 0. The second kappa shape index (κ2) is 7.82. The maximum absolute atomic E-state index is 12.5. The minimum atomic E-state index is -0.508. The zero-order chi connectivity index (χ0) is 20.3. The molecule has 0 aliphatic rings. The highest BCUT2D eigenvalue weighted by Gasteiger charge is 2.14. The van der Waals surface area contributed by atoms with Crippen LogP contribution in [0.25, 0.3) is 5.95 Å². The van der Waals surface area contributed by atoms with Gasteiger partial charge in [0.25, 0.3) is 5.56 Å². The van der Waals surface area contributed by atoms with Gasteiger partial charge in [0.1, 0.15) is 17.3 Å². The number of carbonyl (C=O) groups excluding carboxylic acids is 1. The fourth-order valence-electron chi connectivity index (χ4n) is 2.57. The lowest BCUT2D eigenvalue weighted by Crippen LogP contribution is -2.22. The van der Waals surface area contributed by atoms with Gasteiger partial charge in [0.2, 0.25) is 5.95 Å². The summed E-state index contributed by atoms with van der Waals surface area (Å²) in [7, 11) is 3.05. The van der Waals surface area contributed by atoms with E-state index >= 15 is 0 Å². The first-order valence-electron chi connectivity index (χ1n) is 8.34. The number of ether oxygens (including phenoxy) is 2. The van der Waals surface area contributed by atoms with Gasteiger partial charge in [-0.25, -0.2) is 9.78 Å². The Hall–Kier alpha value is -3.82. The van der Waals surface area contributed by atoms with Crippen LogP contribution in [0.15, 0.2) is 35.1 Å². The first kappa shape index (κ1) is 19.0. The number of benzene rings is 1. The Kier molecular flexibility index (Phi) is 5.30. The highest BCUT2D eigenvalue weighted by atomic mass is 16.5. The number of aromatic amines is 1. The first-order chi connectivity index (χ1) is 13.4. The van der Waals surface area contributed by atoms with E-state index in [1.54, 1.807) is 38.1 Å². The van der Waals surface area contributed by atoms with E-state index in [0.717, 1.165) is 0 Å². The minimum Gasteiger partial charge on any atom is -0.497 e. The summed E-state index contributed by atoms with van der Waals surface area (Å²) in [5.74, 6) is 1.63. The summed E-state index contributed by atoms with van der Waals surface area (Å²) in [6, 6.07) is 7.53. The number of hydrogen-bond acceptors (Lipinski definition) is 6. The molecule has 3 aromatic rings. The Morgan fingerprint density at radius 1 is 1.00 bits per heavy atom. The molecule has 0 unspecified atom stereocenters. The second-order valence-corrected chi connectivity index (χ2v) is 5.97. The third kappa shape index (κ3) is 4.29. The van der Waals surface area contributed by atoms with Crippen LogP contribution in [0.4, 0.5) is 16.3 Å². The van der Waals surface area contributed by atoms with E-state index in [2.05, 4.69) is 25.7 Å². The van der Waals surface area contributed by atoms with Crippen molar-refractivity contribution in [2.75, 3.05) is 24.9 Å². The molecule has 3 N–H and O–H groups in total. The number of nitrogens with zero attached hydrogens (tertiary/aromatic N) is 3. The normalized spacial score (nSPS) is 10.4. The van der Waals surface area contributed by atoms with E-state index < -0.39 is 6.03 Å². The monoisotopic (exact) mass is 384 g/mol. The van der Waals surface area contributed by atoms with Crippen LogP contribution in [-0.2, 0) is 0 Å². The number of carbonyl (C=O) groups is 1. The average molecular weight is 384 g/mol. The van der Waals surface area contributed by atoms with Crippen molar-refractivity contribution in [3.05, 3.63) is 52.1 Å². The van der Waals surface area contributed by atoms with Crippen LogP contribution < -0.4 is 25.7 Å². The minimum absolute atomic E-state index is 0.205. The van der Waals surface area contributed by atoms with E-state index in [1.165, 1.54) is 25.0 Å². The average Bonchev–Trinajstić information content (AvgIpc) is 3.00. The second-order valence-electron chi connectivity index (χ2n) is 5.97. The van der Waals surface area contributed by atoms with Gasteiger partial charge in [-0.2, -0.15) is 9.78 Å². The van der Waals surface area contributed by atoms with E-state index in [1.807, 2.05) is 0 Å². The molecular formula is C18H20N6O4. The van der Waals surface area contributed by atoms with Crippen molar-refractivity contribution in [2.45, 2.75) is 13.8 Å². The van der Waals surface area contributed by atoms with Gasteiger partial charge in [-0.1, -0.05) is 0 Å². The standard InChI is InChI=1S/C18H20N6O4/c1-10-6-16(25)22-17(19-10)24-15(5-11(2)23-24)21-18(26)20-12-7-13(27-3)9-14(8-12)28-4/h5-9H,1-4H3,(H,19,22,25)(H2,20,21,26). The number of methoxy groups -OCH3 is 2. The molecule has 0 aliphatic heterocycles. The highest BCUT2D eigenvalue weighted by molar-refractivity contribution is 5.99. The molecule has 2 amide bonds. The van der Waals surface area contributed by atoms with Gasteiger partial charge < -0.3 is 14.8 Å². The predicted molar refractivity (Wildman–Crippen MR) is 104 cm³/mol. The fourth-order valence-corrected chi connectivity index (χ4v) is 2.57. The summed E-state index contributed by atoms with van der Waals surface area (Å²) in [5, 5.41) is 9.69. The van der Waals surface area contributed by atoms with Gasteiger partial charge in [0, 0.05) is 41.7 Å². The Morgan fingerprint density at radius 3 is 2.29 bits per heavy atom. The van der Waals surface area contributed by atoms with E-state index in [-0.39, 0.29) is 11.5 Å². The largest absolute Gasteiger partial charge is 0.497 e. The smallest absolute Gasteiger partial charge is 0.324 e. The number of hydrogen-bond donors (Lipinski definition) is 3. The third-order valence-electron chi connectivity index (χ3n) is 3.74. The molecule has 0 fully saturated rings. The molecule has 10 heteroatoms. The van der Waals surface area contributed by atoms with Crippen molar-refractivity contribution >= 4 is 17.5 Å². The zero-order valence-electron chi connectivity index (χ0n) is 15.9. The molecule has 2 aromatic heterocycles. The van der Waals surface area contributed by atoms with Crippen LogP contribution in [0.5, 0.6) is 11.5 Å². The number of H-pyrrole nitrogens is 1. The first-order valence-corrected chi connectivity index (χ1v) is 8.34. The molecule has 0 radical (unpaired) electrons. The zero-order valence-corrected chi connectivity index (χ0v) is 15.9. The predicted octanol–water partition coefficient (Wildman–Crippen LogP) is 2.23. The molecule has 2 heterocycles. The Bertz CT molecular complexity index is 1050. The lowest BCUT2D eigenvalue weighted by atomic mass is 10.3. The number of anilines is 2. The van der Waals surface area contributed by atoms with Gasteiger partial charge in [0.15, 0.2) is 0 Å². The van der Waals surface area contributed by atoms with Crippen LogP contribution >= 0.6 is 0 Å². The maximum Gasteiger partial charge on any atom is 0.324 e. The van der Waals surface area contributed by atoms with Crippen molar-refractivity contribution in [1.82, 2.24) is 19.7 Å². The molecule has 0 atom stereocenters. The summed E-state index contributed by atoms with van der Waals surface area (Å²) in [4.78, 5) is 31.1. The van der Waals surface area contributed by atoms with Crippen LogP contribution in [0.2, 0.25) is 0 Å². The van der Waals surface area contributed by atoms with Crippen LogP contribution in [-0.4, -0.2) is 40.0 Å². The lowest BCUT2D eigenvalue weighted by Gasteiger charge is -2.11. The van der Waals surface area contributed by atoms with E-state index in [0.29, 0.717) is 34.4 Å². The number of aryl methyl sites for hydroxylation is 2. The number of urea groups is 1. The van der Waals surface area contributed by atoms with Gasteiger partial charge >= 0.3 is 6.03 Å². The summed E-state index contributed by atoms with van der Waals surface area (Å²) in [6.45, 7) is 3.46. The molecule has 10 nitrogen and oxygen atoms in total. The van der Waals surface area contributed by atoms with E-state index in [9.17, 15) is 9.59 Å². The topological polar surface area (TPSA) is 123 Å². The van der Waals surface area contributed by atoms with Gasteiger partial charge in [-0.3, -0.25) is 15.1 Å². The van der Waals surface area contributed by atoms with Crippen molar-refractivity contribution in [1.29, 1.82) is 0 Å². The van der Waals surface area contributed by atoms with Gasteiger partial charge in [0.05, 0.1) is 19.9 Å². The van der Waals surface area contributed by atoms with Crippen LogP contribution in [0.3, 0.4) is 0 Å². The number of aromatic nitrogens is 4. The quantitative estimate of drug-likeness (QED) is 0.620. The Balaban J connectivity index is 1.85. The van der Waals surface area contributed by atoms with Crippen molar-refractivity contribution < 1.29 is 14.3 Å². The number of amides is 2. The van der Waals surface area contributed by atoms with Gasteiger partial charge in [-0.15, -0.1) is 0 Å². The molecule has 0 saturated heterocycles. The lowest BCUT2D eigenvalue weighted by molar-refractivity contribution is 0.262. The molecule has 0 spiro atoms. The Morgan fingerprint density at radius 2 is 1.68 bits per heavy atom. The fraction of sp³-hybridized carbons (Fsp3) is 0.222. The summed E-state index contributed by atoms with van der Waals surface area (Å²) in [5.41, 5.74) is 1.35. The third-order valence-corrected chi connectivity index (χ3v) is 3.74. The SMILES string of the molecule is COc1cc(NC(=O)Nc2cc(C)nn2-c2nc(C)cc(=O)[nH]2)cc(OC)c1. The molecule has 28 heavy (non-hydrogen) atoms. The molecule has 146 valence electrons. The van der Waals surface area contributed by atoms with Crippen LogP contribution in [0.1, 0.15) is 11.4 Å². The molecule has 3 rings (SSSR count). The van der Waals surface area contributed by atoms with Gasteiger partial charge in [-0.05, 0) is 13.8 Å². The molecule has 0 bridgehead atoms. The highest BCUT2D eigenvalue weighted by Crippen LogP contribution is 2.26.